The molecule has 7 nitrogen and oxygen atoms in total. The molecule has 0 aliphatic carbocycles. The lowest BCUT2D eigenvalue weighted by atomic mass is 10.1. The average molecular weight is 369 g/mol. The zero-order valence-corrected chi connectivity index (χ0v) is 14.3. The van der Waals surface area contributed by atoms with Gasteiger partial charge in [-0.05, 0) is 42.5 Å². The van der Waals surface area contributed by atoms with E-state index in [-0.39, 0.29) is 17.0 Å². The van der Waals surface area contributed by atoms with Crippen molar-refractivity contribution in [3.05, 3.63) is 88.5 Å². The van der Waals surface area contributed by atoms with Crippen LogP contribution < -0.4 is 10.5 Å². The summed E-state index contributed by atoms with van der Waals surface area (Å²) < 4.78 is 5.32. The van der Waals surface area contributed by atoms with Crippen LogP contribution in [0.3, 0.4) is 0 Å². The van der Waals surface area contributed by atoms with E-state index in [1.54, 1.807) is 48.7 Å². The van der Waals surface area contributed by atoms with Crippen LogP contribution in [0.15, 0.2) is 76.2 Å². The van der Waals surface area contributed by atoms with Crippen LogP contribution in [-0.4, -0.2) is 21.8 Å². The van der Waals surface area contributed by atoms with E-state index >= 15 is 0 Å². The monoisotopic (exact) mass is 369 g/mol. The molecule has 1 aliphatic rings. The van der Waals surface area contributed by atoms with Gasteiger partial charge >= 0.3 is 5.63 Å². The second kappa shape index (κ2) is 5.95. The van der Waals surface area contributed by atoms with Crippen LogP contribution in [0.25, 0.3) is 22.4 Å². The molecule has 7 heteroatoms. The van der Waals surface area contributed by atoms with Crippen LogP contribution in [0, 0.1) is 0 Å². The molecule has 0 saturated heterocycles. The number of fused-ring (bicyclic) bond motifs is 2. The predicted molar refractivity (Wildman–Crippen MR) is 101 cm³/mol. The van der Waals surface area contributed by atoms with Gasteiger partial charge in [0.15, 0.2) is 0 Å². The Morgan fingerprint density at radius 3 is 2.50 bits per heavy atom. The number of rotatable bonds is 2. The zero-order chi connectivity index (χ0) is 19.3. The van der Waals surface area contributed by atoms with Crippen molar-refractivity contribution in [3.8, 4) is 11.5 Å². The summed E-state index contributed by atoms with van der Waals surface area (Å²) in [6.45, 7) is 0. The van der Waals surface area contributed by atoms with Crippen LogP contribution in [0.1, 0.15) is 20.7 Å². The molecule has 0 N–H and O–H groups in total. The Labute approximate surface area is 157 Å². The molecule has 3 heterocycles. The van der Waals surface area contributed by atoms with Crippen LogP contribution in [-0.2, 0) is 0 Å². The van der Waals surface area contributed by atoms with Crippen LogP contribution in [0.4, 0.5) is 5.69 Å². The third-order valence-corrected chi connectivity index (χ3v) is 4.57. The van der Waals surface area contributed by atoms with Crippen molar-refractivity contribution in [2.45, 2.75) is 0 Å². The van der Waals surface area contributed by atoms with Crippen molar-refractivity contribution in [1.82, 2.24) is 9.97 Å². The number of aromatic nitrogens is 2. The fourth-order valence-electron chi connectivity index (χ4n) is 3.24. The number of anilines is 1. The first-order valence-electron chi connectivity index (χ1n) is 8.46. The minimum atomic E-state index is -0.513. The topological polar surface area (TPSA) is 93.4 Å². The fourth-order valence-corrected chi connectivity index (χ4v) is 3.24. The lowest BCUT2D eigenvalue weighted by molar-refractivity contribution is 0.0926. The van der Waals surface area contributed by atoms with E-state index in [0.29, 0.717) is 22.2 Å². The standard InChI is InChI=1S/C21H11N3O4/c25-19-14-8-7-12(18-23-17-6-2-1-5-15(17)21(27)28-18)10-16(14)20(26)24(19)13-4-3-9-22-11-13/h1-11H. The van der Waals surface area contributed by atoms with Crippen LogP contribution in [0.2, 0.25) is 0 Å². The summed E-state index contributed by atoms with van der Waals surface area (Å²) in [5, 5.41) is 0.376. The molecule has 0 spiro atoms. The van der Waals surface area contributed by atoms with Crippen molar-refractivity contribution < 1.29 is 14.0 Å². The molecule has 5 rings (SSSR count). The number of para-hydroxylation sites is 1. The SMILES string of the molecule is O=C1c2ccc(-c3nc4ccccc4c(=O)o3)cc2C(=O)N1c1cccnc1. The summed E-state index contributed by atoms with van der Waals surface area (Å²) in [4.78, 5) is 47.1. The first-order valence-corrected chi connectivity index (χ1v) is 8.46. The lowest BCUT2D eigenvalue weighted by Gasteiger charge is -2.12. The smallest absolute Gasteiger partial charge is 0.347 e. The van der Waals surface area contributed by atoms with Crippen molar-refractivity contribution in [1.29, 1.82) is 0 Å². The van der Waals surface area contributed by atoms with Gasteiger partial charge in [-0.1, -0.05) is 12.1 Å². The Morgan fingerprint density at radius 2 is 1.68 bits per heavy atom. The molecule has 0 saturated carbocycles. The highest BCUT2D eigenvalue weighted by Gasteiger charge is 2.37. The highest BCUT2D eigenvalue weighted by molar-refractivity contribution is 6.34. The first kappa shape index (κ1) is 16.1. The maximum Gasteiger partial charge on any atom is 0.347 e. The van der Waals surface area contributed by atoms with Gasteiger partial charge in [-0.25, -0.2) is 14.7 Å². The van der Waals surface area contributed by atoms with E-state index in [4.69, 9.17) is 4.42 Å². The molecule has 134 valence electrons. The number of pyridine rings is 1. The number of hydrogen-bond donors (Lipinski definition) is 0. The van der Waals surface area contributed by atoms with Crippen molar-refractivity contribution >= 4 is 28.4 Å². The Hall–Kier alpha value is -4.13. The van der Waals surface area contributed by atoms with Crippen molar-refractivity contribution in [3.63, 3.8) is 0 Å². The molecule has 1 aliphatic heterocycles. The number of carbonyl (C=O) groups excluding carboxylic acids is 2. The van der Waals surface area contributed by atoms with Crippen LogP contribution >= 0.6 is 0 Å². The second-order valence-electron chi connectivity index (χ2n) is 6.24. The van der Waals surface area contributed by atoms with E-state index in [2.05, 4.69) is 9.97 Å². The van der Waals surface area contributed by atoms with Gasteiger partial charge in [0, 0.05) is 11.8 Å². The molecule has 0 bridgehead atoms. The number of carbonyl (C=O) groups is 2. The molecule has 0 fully saturated rings. The van der Waals surface area contributed by atoms with Gasteiger partial charge in [-0.2, -0.15) is 0 Å². The van der Waals surface area contributed by atoms with Gasteiger partial charge < -0.3 is 4.42 Å². The highest BCUT2D eigenvalue weighted by Crippen LogP contribution is 2.31. The molecular weight excluding hydrogens is 358 g/mol. The molecule has 2 aromatic carbocycles. The van der Waals surface area contributed by atoms with Crippen LogP contribution in [0.5, 0.6) is 0 Å². The number of hydrogen-bond acceptors (Lipinski definition) is 6. The molecule has 2 aromatic heterocycles. The number of benzene rings is 2. The summed E-state index contributed by atoms with van der Waals surface area (Å²) in [7, 11) is 0. The highest BCUT2D eigenvalue weighted by atomic mass is 16.4. The van der Waals surface area contributed by atoms with Gasteiger partial charge in [0.05, 0.1) is 33.9 Å². The zero-order valence-electron chi connectivity index (χ0n) is 14.3. The van der Waals surface area contributed by atoms with Gasteiger partial charge in [0.2, 0.25) is 5.89 Å². The lowest BCUT2D eigenvalue weighted by Crippen LogP contribution is -2.29. The van der Waals surface area contributed by atoms with E-state index in [0.717, 1.165) is 4.90 Å². The van der Waals surface area contributed by atoms with Gasteiger partial charge in [-0.15, -0.1) is 0 Å². The molecule has 0 radical (unpaired) electrons. The van der Waals surface area contributed by atoms with Gasteiger partial charge in [0.1, 0.15) is 0 Å². The van der Waals surface area contributed by atoms with E-state index in [1.807, 2.05) is 0 Å². The Balaban J connectivity index is 1.62. The summed E-state index contributed by atoms with van der Waals surface area (Å²) in [5.74, 6) is -0.794. The molecule has 4 aromatic rings. The molecule has 0 atom stereocenters. The molecule has 28 heavy (non-hydrogen) atoms. The molecule has 2 amide bonds. The third-order valence-electron chi connectivity index (χ3n) is 4.57. The Morgan fingerprint density at radius 1 is 0.857 bits per heavy atom. The largest absolute Gasteiger partial charge is 0.403 e. The van der Waals surface area contributed by atoms with E-state index in [1.165, 1.54) is 18.3 Å². The average Bonchev–Trinajstić information content (AvgIpc) is 2.98. The molecular formula is C21H11N3O4. The minimum absolute atomic E-state index is 0.0894. The normalized spacial score (nSPS) is 13.2. The number of nitrogens with zero attached hydrogens (tertiary/aromatic N) is 3. The molecule has 0 unspecified atom stereocenters. The van der Waals surface area contributed by atoms with Crippen molar-refractivity contribution in [2.75, 3.05) is 4.90 Å². The fraction of sp³-hybridized carbons (Fsp3) is 0. The number of imide groups is 1. The minimum Gasteiger partial charge on any atom is -0.403 e. The maximum atomic E-state index is 12.8. The first-order chi connectivity index (χ1) is 13.6. The van der Waals surface area contributed by atoms with E-state index < -0.39 is 17.4 Å². The Bertz CT molecular complexity index is 1330. The maximum absolute atomic E-state index is 12.8. The Kier molecular flexibility index (Phi) is 3.42. The summed E-state index contributed by atoms with van der Waals surface area (Å²) in [6.07, 6.45) is 3.01. The van der Waals surface area contributed by atoms with Crippen molar-refractivity contribution in [2.24, 2.45) is 0 Å². The van der Waals surface area contributed by atoms with Gasteiger partial charge in [0.25, 0.3) is 11.8 Å². The quantitative estimate of drug-likeness (QED) is 0.504. The van der Waals surface area contributed by atoms with E-state index in [9.17, 15) is 14.4 Å². The van der Waals surface area contributed by atoms with Gasteiger partial charge in [-0.3, -0.25) is 14.6 Å². The predicted octanol–water partition coefficient (Wildman–Crippen LogP) is 3.05. The summed E-state index contributed by atoms with van der Waals surface area (Å²) in [6, 6.07) is 14.8. The summed E-state index contributed by atoms with van der Waals surface area (Å²) >= 11 is 0. The third kappa shape index (κ3) is 2.34. The number of amides is 2. The summed E-state index contributed by atoms with van der Waals surface area (Å²) in [5.41, 5.74) is 1.32. The second-order valence-corrected chi connectivity index (χ2v) is 6.24.